The minimum atomic E-state index is -0.786. The summed E-state index contributed by atoms with van der Waals surface area (Å²) in [6.07, 6.45) is 0.665. The normalized spacial score (nSPS) is 28.3. The molecule has 2 saturated carbocycles. The SMILES string of the molecule is COc1ccc(Cl)cc1NC(=O)COC(=O)c1cccc(N2C(=O)[C@@H]3[C@H]4C[C@@H]([C@H](Cl)[C@H]4Cl)[C@H]3C2=O)c1. The Bertz CT molecular complexity index is 1240. The van der Waals surface area contributed by atoms with Gasteiger partial charge in [-0.05, 0) is 54.7 Å². The summed E-state index contributed by atoms with van der Waals surface area (Å²) in [5.41, 5.74) is 0.683. The number of imide groups is 1. The van der Waals surface area contributed by atoms with Gasteiger partial charge in [0.2, 0.25) is 11.8 Å². The molecule has 1 heterocycles. The van der Waals surface area contributed by atoms with Crippen molar-refractivity contribution in [3.8, 4) is 5.75 Å². The first-order chi connectivity index (χ1) is 17.2. The third-order valence-electron chi connectivity index (χ3n) is 7.10. The van der Waals surface area contributed by atoms with Gasteiger partial charge in [0.25, 0.3) is 5.91 Å². The van der Waals surface area contributed by atoms with Gasteiger partial charge >= 0.3 is 5.97 Å². The highest BCUT2D eigenvalue weighted by molar-refractivity contribution is 6.32. The van der Waals surface area contributed by atoms with Crippen molar-refractivity contribution in [1.82, 2.24) is 0 Å². The van der Waals surface area contributed by atoms with Crippen molar-refractivity contribution < 1.29 is 28.7 Å². The molecule has 5 rings (SSSR count). The molecule has 8 nitrogen and oxygen atoms in total. The van der Waals surface area contributed by atoms with Crippen LogP contribution in [0.25, 0.3) is 0 Å². The standard InChI is InChI=1S/C25H21Cl3N2O6/c1-35-17-6-5-12(26)8-16(17)29-18(31)10-36-25(34)11-3-2-4-13(7-11)30-23(32)19-14-9-15(20(19)24(30)33)22(28)21(14)27/h2-8,14-15,19-22H,9-10H2,1H3,(H,29,31)/t14-,15-,19-,20-,21+,22+/m1/s1. The lowest BCUT2D eigenvalue weighted by atomic mass is 9.80. The summed E-state index contributed by atoms with van der Waals surface area (Å²) in [6, 6.07) is 10.7. The van der Waals surface area contributed by atoms with Gasteiger partial charge in [0.15, 0.2) is 6.61 Å². The second-order valence-corrected chi connectivity index (χ2v) is 10.5. The van der Waals surface area contributed by atoms with Crippen LogP contribution in [0.5, 0.6) is 5.75 Å². The molecule has 1 N–H and O–H groups in total. The fourth-order valence-corrected chi connectivity index (χ4v) is 6.62. The molecule has 188 valence electrons. The summed E-state index contributed by atoms with van der Waals surface area (Å²) in [5.74, 6) is -2.92. The number of esters is 1. The molecule has 2 aromatic rings. The number of ether oxygens (including phenoxy) is 2. The molecule has 2 aromatic carbocycles. The number of methoxy groups -OCH3 is 1. The van der Waals surface area contributed by atoms with Crippen LogP contribution in [0, 0.1) is 23.7 Å². The van der Waals surface area contributed by atoms with Gasteiger partial charge in [0, 0.05) is 5.02 Å². The maximum Gasteiger partial charge on any atom is 0.338 e. The first-order valence-electron chi connectivity index (χ1n) is 11.3. The van der Waals surface area contributed by atoms with Crippen molar-refractivity contribution in [3.63, 3.8) is 0 Å². The van der Waals surface area contributed by atoms with Crippen LogP contribution in [0.1, 0.15) is 16.8 Å². The van der Waals surface area contributed by atoms with Gasteiger partial charge in [-0.25, -0.2) is 4.79 Å². The first-order valence-corrected chi connectivity index (χ1v) is 12.5. The van der Waals surface area contributed by atoms with E-state index in [0.717, 1.165) is 4.90 Å². The lowest BCUT2D eigenvalue weighted by Crippen LogP contribution is -2.37. The lowest BCUT2D eigenvalue weighted by molar-refractivity contribution is -0.123. The molecular weight excluding hydrogens is 531 g/mol. The quantitative estimate of drug-likeness (QED) is 0.329. The molecule has 0 unspecified atom stereocenters. The molecular formula is C25H21Cl3N2O6. The second kappa shape index (κ2) is 9.57. The van der Waals surface area contributed by atoms with Gasteiger partial charge in [-0.15, -0.1) is 23.2 Å². The maximum absolute atomic E-state index is 13.2. The largest absolute Gasteiger partial charge is 0.495 e. The zero-order chi connectivity index (χ0) is 25.7. The molecule has 2 bridgehead atoms. The summed E-state index contributed by atoms with van der Waals surface area (Å²) >= 11 is 18.8. The highest BCUT2D eigenvalue weighted by atomic mass is 35.5. The van der Waals surface area contributed by atoms with Gasteiger partial charge in [-0.2, -0.15) is 0 Å². The van der Waals surface area contributed by atoms with Crippen molar-refractivity contribution in [2.45, 2.75) is 17.2 Å². The third kappa shape index (κ3) is 4.11. The van der Waals surface area contributed by atoms with Crippen LogP contribution in [0.3, 0.4) is 0 Å². The molecule has 0 radical (unpaired) electrons. The Labute approximate surface area is 221 Å². The molecule has 0 aromatic heterocycles. The third-order valence-corrected chi connectivity index (χ3v) is 8.65. The van der Waals surface area contributed by atoms with Crippen LogP contribution < -0.4 is 15.0 Å². The number of benzene rings is 2. The molecule has 3 aliphatic rings. The summed E-state index contributed by atoms with van der Waals surface area (Å²) in [6.45, 7) is -0.567. The lowest BCUT2D eigenvalue weighted by Gasteiger charge is -2.28. The number of rotatable bonds is 6. The number of alkyl halides is 2. The van der Waals surface area contributed by atoms with Crippen LogP contribution in [-0.2, 0) is 19.1 Å². The topological polar surface area (TPSA) is 102 Å². The molecule has 2 aliphatic carbocycles. The predicted molar refractivity (Wildman–Crippen MR) is 134 cm³/mol. The van der Waals surface area contributed by atoms with E-state index in [1.165, 1.54) is 25.3 Å². The first kappa shape index (κ1) is 24.9. The second-order valence-electron chi connectivity index (χ2n) is 9.03. The zero-order valence-electron chi connectivity index (χ0n) is 19.0. The molecule has 1 saturated heterocycles. The summed E-state index contributed by atoms with van der Waals surface area (Å²) < 4.78 is 10.3. The van der Waals surface area contributed by atoms with Crippen molar-refractivity contribution >= 4 is 69.9 Å². The van der Waals surface area contributed by atoms with E-state index in [9.17, 15) is 19.2 Å². The van der Waals surface area contributed by atoms with E-state index in [0.29, 0.717) is 22.9 Å². The number of nitrogens with one attached hydrogen (secondary N) is 1. The maximum atomic E-state index is 13.2. The van der Waals surface area contributed by atoms with Gasteiger partial charge in [0.05, 0.1) is 46.6 Å². The Kier molecular flexibility index (Phi) is 6.61. The number of hydrogen-bond donors (Lipinski definition) is 1. The van der Waals surface area contributed by atoms with Crippen molar-refractivity contribution in [1.29, 1.82) is 0 Å². The van der Waals surface area contributed by atoms with E-state index in [2.05, 4.69) is 5.32 Å². The van der Waals surface area contributed by atoms with Crippen molar-refractivity contribution in [2.75, 3.05) is 23.9 Å². The number of hydrogen-bond acceptors (Lipinski definition) is 6. The average Bonchev–Trinajstić information content (AvgIpc) is 3.47. The Hall–Kier alpha value is -2.81. The number of halogens is 3. The van der Waals surface area contributed by atoms with Crippen molar-refractivity contribution in [2.24, 2.45) is 23.7 Å². The molecule has 36 heavy (non-hydrogen) atoms. The van der Waals surface area contributed by atoms with Gasteiger partial charge in [-0.3, -0.25) is 19.3 Å². The highest BCUT2D eigenvalue weighted by Crippen LogP contribution is 2.59. The van der Waals surface area contributed by atoms with E-state index in [1.807, 2.05) is 0 Å². The Morgan fingerprint density at radius 3 is 2.33 bits per heavy atom. The van der Waals surface area contributed by atoms with Gasteiger partial charge in [-0.1, -0.05) is 17.7 Å². The highest BCUT2D eigenvalue weighted by Gasteiger charge is 2.66. The number of nitrogens with zero attached hydrogens (tertiary/aromatic N) is 1. The van der Waals surface area contributed by atoms with Crippen LogP contribution in [0.2, 0.25) is 5.02 Å². The minimum absolute atomic E-state index is 0.0895. The molecule has 0 spiro atoms. The predicted octanol–water partition coefficient (Wildman–Crippen LogP) is 4.11. The minimum Gasteiger partial charge on any atom is -0.495 e. The number of anilines is 2. The molecule has 1 aliphatic heterocycles. The van der Waals surface area contributed by atoms with Crippen LogP contribution in [-0.4, -0.2) is 48.2 Å². The summed E-state index contributed by atoms with van der Waals surface area (Å²) in [5, 5.41) is 2.26. The fraction of sp³-hybridized carbons (Fsp3) is 0.360. The number of amides is 3. The van der Waals surface area contributed by atoms with Crippen LogP contribution >= 0.6 is 34.8 Å². The smallest absolute Gasteiger partial charge is 0.338 e. The Morgan fingerprint density at radius 2 is 1.69 bits per heavy atom. The molecule has 11 heteroatoms. The molecule has 6 atom stereocenters. The summed E-state index contributed by atoms with van der Waals surface area (Å²) in [7, 11) is 1.45. The van der Waals surface area contributed by atoms with Crippen LogP contribution in [0.15, 0.2) is 42.5 Å². The zero-order valence-corrected chi connectivity index (χ0v) is 21.2. The van der Waals surface area contributed by atoms with Crippen molar-refractivity contribution in [3.05, 3.63) is 53.1 Å². The molecule has 3 amide bonds. The number of carbonyl (C=O) groups excluding carboxylic acids is 4. The summed E-state index contributed by atoms with van der Waals surface area (Å²) in [4.78, 5) is 52.5. The number of carbonyl (C=O) groups is 4. The Balaban J connectivity index is 1.26. The molecule has 3 fully saturated rings. The van der Waals surface area contributed by atoms with E-state index < -0.39 is 30.3 Å². The van der Waals surface area contributed by atoms with Gasteiger partial charge in [0.1, 0.15) is 5.75 Å². The van der Waals surface area contributed by atoms with E-state index >= 15 is 0 Å². The van der Waals surface area contributed by atoms with E-state index in [1.54, 1.807) is 24.3 Å². The fourth-order valence-electron chi connectivity index (χ4n) is 5.55. The Morgan fingerprint density at radius 1 is 1.03 bits per heavy atom. The van der Waals surface area contributed by atoms with E-state index in [4.69, 9.17) is 44.3 Å². The van der Waals surface area contributed by atoms with Crippen LogP contribution in [0.4, 0.5) is 11.4 Å². The average molecular weight is 552 g/mol. The number of fused-ring (bicyclic) bond motifs is 5. The van der Waals surface area contributed by atoms with E-state index in [-0.39, 0.29) is 45.7 Å². The monoisotopic (exact) mass is 550 g/mol. The van der Waals surface area contributed by atoms with Gasteiger partial charge < -0.3 is 14.8 Å².